The van der Waals surface area contributed by atoms with Gasteiger partial charge in [-0.15, -0.1) is 0 Å². The second-order valence-electron chi connectivity index (χ2n) is 5.70. The Hall–Kier alpha value is -1.10. The Labute approximate surface area is 115 Å². The molecule has 0 spiro atoms. The number of ether oxygens (including phenoxy) is 1. The van der Waals surface area contributed by atoms with E-state index in [1.165, 1.54) is 7.11 Å². The van der Waals surface area contributed by atoms with E-state index in [0.29, 0.717) is 6.54 Å². The molecule has 5 nitrogen and oxygen atoms in total. The maximum atomic E-state index is 12.4. The zero-order valence-electron chi connectivity index (χ0n) is 12.4. The van der Waals surface area contributed by atoms with Gasteiger partial charge in [0.05, 0.1) is 12.5 Å². The van der Waals surface area contributed by atoms with E-state index in [4.69, 9.17) is 4.74 Å². The first kappa shape index (κ1) is 16.0. The van der Waals surface area contributed by atoms with Crippen LogP contribution in [0.3, 0.4) is 0 Å². The Morgan fingerprint density at radius 1 is 1.47 bits per heavy atom. The second-order valence-corrected chi connectivity index (χ2v) is 5.70. The summed E-state index contributed by atoms with van der Waals surface area (Å²) >= 11 is 0. The molecule has 1 amide bonds. The predicted octanol–water partition coefficient (Wildman–Crippen LogP) is 1.08. The maximum absolute atomic E-state index is 12.4. The molecule has 0 aromatic carbocycles. The SMILES string of the molecule is CCC(C)C(NC(=O)C1(C)CCCNC1)C(=O)OC. The van der Waals surface area contributed by atoms with Crippen molar-refractivity contribution in [1.29, 1.82) is 0 Å². The van der Waals surface area contributed by atoms with Crippen LogP contribution in [-0.4, -0.2) is 38.1 Å². The van der Waals surface area contributed by atoms with E-state index in [2.05, 4.69) is 10.6 Å². The first-order chi connectivity index (χ1) is 8.94. The summed E-state index contributed by atoms with van der Waals surface area (Å²) in [4.78, 5) is 24.2. The first-order valence-electron chi connectivity index (χ1n) is 7.04. The van der Waals surface area contributed by atoms with E-state index in [1.807, 2.05) is 20.8 Å². The molecule has 0 radical (unpaired) electrons. The molecule has 1 saturated heterocycles. The summed E-state index contributed by atoms with van der Waals surface area (Å²) in [5.41, 5.74) is -0.433. The molecule has 0 aromatic heterocycles. The van der Waals surface area contributed by atoms with E-state index >= 15 is 0 Å². The molecule has 110 valence electrons. The molecule has 19 heavy (non-hydrogen) atoms. The lowest BCUT2D eigenvalue weighted by Gasteiger charge is -2.34. The van der Waals surface area contributed by atoms with Gasteiger partial charge in [0.25, 0.3) is 0 Å². The summed E-state index contributed by atoms with van der Waals surface area (Å²) in [6.45, 7) is 7.50. The molecule has 0 saturated carbocycles. The molecule has 1 heterocycles. The van der Waals surface area contributed by atoms with Gasteiger partial charge in [-0.05, 0) is 32.2 Å². The lowest BCUT2D eigenvalue weighted by molar-refractivity contribution is -0.148. The van der Waals surface area contributed by atoms with Gasteiger partial charge in [-0.3, -0.25) is 4.79 Å². The molecule has 0 aliphatic carbocycles. The first-order valence-corrected chi connectivity index (χ1v) is 7.04. The zero-order valence-corrected chi connectivity index (χ0v) is 12.4. The van der Waals surface area contributed by atoms with E-state index in [-0.39, 0.29) is 17.8 Å². The fourth-order valence-corrected chi connectivity index (χ4v) is 2.36. The van der Waals surface area contributed by atoms with Gasteiger partial charge in [-0.25, -0.2) is 4.79 Å². The van der Waals surface area contributed by atoms with Crippen LogP contribution in [0.2, 0.25) is 0 Å². The van der Waals surface area contributed by atoms with E-state index in [0.717, 1.165) is 25.8 Å². The maximum Gasteiger partial charge on any atom is 0.328 e. The van der Waals surface area contributed by atoms with Crippen molar-refractivity contribution in [3.8, 4) is 0 Å². The molecule has 3 unspecified atom stereocenters. The number of hydrogen-bond donors (Lipinski definition) is 2. The van der Waals surface area contributed by atoms with Crippen LogP contribution in [0.1, 0.15) is 40.0 Å². The van der Waals surface area contributed by atoms with E-state index < -0.39 is 11.5 Å². The third kappa shape index (κ3) is 3.93. The van der Waals surface area contributed by atoms with Crippen molar-refractivity contribution in [2.24, 2.45) is 11.3 Å². The molecule has 1 aliphatic heterocycles. The molecule has 1 aliphatic rings. The number of piperidine rings is 1. The average molecular weight is 270 g/mol. The highest BCUT2D eigenvalue weighted by Gasteiger charge is 2.37. The van der Waals surface area contributed by atoms with Crippen LogP contribution in [-0.2, 0) is 14.3 Å². The minimum atomic E-state index is -0.554. The Morgan fingerprint density at radius 3 is 2.63 bits per heavy atom. The largest absolute Gasteiger partial charge is 0.467 e. The van der Waals surface area contributed by atoms with Crippen LogP contribution in [0, 0.1) is 11.3 Å². The van der Waals surface area contributed by atoms with Crippen LogP contribution >= 0.6 is 0 Å². The highest BCUT2D eigenvalue weighted by atomic mass is 16.5. The molecule has 0 bridgehead atoms. The molecule has 2 N–H and O–H groups in total. The van der Waals surface area contributed by atoms with Gasteiger partial charge in [0.15, 0.2) is 0 Å². The van der Waals surface area contributed by atoms with Crippen molar-refractivity contribution < 1.29 is 14.3 Å². The summed E-state index contributed by atoms with van der Waals surface area (Å²) in [6.07, 6.45) is 2.64. The van der Waals surface area contributed by atoms with Gasteiger partial charge in [0.1, 0.15) is 6.04 Å². The van der Waals surface area contributed by atoms with Gasteiger partial charge in [-0.1, -0.05) is 20.3 Å². The van der Waals surface area contributed by atoms with E-state index in [9.17, 15) is 9.59 Å². The van der Waals surface area contributed by atoms with Crippen LogP contribution in [0.4, 0.5) is 0 Å². The monoisotopic (exact) mass is 270 g/mol. The smallest absolute Gasteiger partial charge is 0.328 e. The van der Waals surface area contributed by atoms with Gasteiger partial charge in [0.2, 0.25) is 5.91 Å². The number of carbonyl (C=O) groups excluding carboxylic acids is 2. The summed E-state index contributed by atoms with van der Waals surface area (Å²) < 4.78 is 4.79. The molecule has 5 heteroatoms. The minimum Gasteiger partial charge on any atom is -0.467 e. The molecular weight excluding hydrogens is 244 g/mol. The van der Waals surface area contributed by atoms with Crippen molar-refractivity contribution in [1.82, 2.24) is 10.6 Å². The standard InChI is InChI=1S/C14H26N2O3/c1-5-10(2)11(12(17)19-4)16-13(18)14(3)7-6-8-15-9-14/h10-11,15H,5-9H2,1-4H3,(H,16,18). The van der Waals surface area contributed by atoms with Crippen molar-refractivity contribution in [2.45, 2.75) is 46.1 Å². The fourth-order valence-electron chi connectivity index (χ4n) is 2.36. The fraction of sp³-hybridized carbons (Fsp3) is 0.857. The highest BCUT2D eigenvalue weighted by molar-refractivity contribution is 5.88. The molecule has 0 aromatic rings. The Bertz CT molecular complexity index is 325. The summed E-state index contributed by atoms with van der Waals surface area (Å²) in [6, 6.07) is -0.554. The Morgan fingerprint density at radius 2 is 2.16 bits per heavy atom. The van der Waals surface area contributed by atoms with Crippen LogP contribution in [0.15, 0.2) is 0 Å². The van der Waals surface area contributed by atoms with Gasteiger partial charge in [0, 0.05) is 6.54 Å². The quantitative estimate of drug-likeness (QED) is 0.734. The Kier molecular flexibility index (Phi) is 5.79. The zero-order chi connectivity index (χ0) is 14.5. The van der Waals surface area contributed by atoms with Crippen molar-refractivity contribution in [3.63, 3.8) is 0 Å². The van der Waals surface area contributed by atoms with Crippen LogP contribution in [0.5, 0.6) is 0 Å². The van der Waals surface area contributed by atoms with Gasteiger partial charge < -0.3 is 15.4 Å². The van der Waals surface area contributed by atoms with Crippen LogP contribution in [0.25, 0.3) is 0 Å². The third-order valence-electron chi connectivity index (χ3n) is 4.10. The summed E-state index contributed by atoms with van der Waals surface area (Å²) in [5, 5.41) is 6.11. The summed E-state index contributed by atoms with van der Waals surface area (Å²) in [5.74, 6) is -0.359. The average Bonchev–Trinajstić information content (AvgIpc) is 2.43. The normalized spacial score (nSPS) is 26.3. The van der Waals surface area contributed by atoms with Crippen molar-refractivity contribution >= 4 is 11.9 Å². The number of amides is 1. The number of carbonyl (C=O) groups is 2. The van der Waals surface area contributed by atoms with Gasteiger partial charge in [-0.2, -0.15) is 0 Å². The number of methoxy groups -OCH3 is 1. The predicted molar refractivity (Wildman–Crippen MR) is 73.6 cm³/mol. The Balaban J connectivity index is 2.72. The molecule has 3 atom stereocenters. The number of nitrogens with one attached hydrogen (secondary N) is 2. The van der Waals surface area contributed by atoms with Crippen molar-refractivity contribution in [2.75, 3.05) is 20.2 Å². The number of hydrogen-bond acceptors (Lipinski definition) is 4. The second kappa shape index (κ2) is 6.89. The lowest BCUT2D eigenvalue weighted by atomic mass is 9.81. The number of rotatable bonds is 5. The summed E-state index contributed by atoms with van der Waals surface area (Å²) in [7, 11) is 1.35. The van der Waals surface area contributed by atoms with E-state index in [1.54, 1.807) is 0 Å². The van der Waals surface area contributed by atoms with Crippen LogP contribution < -0.4 is 10.6 Å². The topological polar surface area (TPSA) is 67.4 Å². The molecular formula is C14H26N2O3. The van der Waals surface area contributed by atoms with Crippen molar-refractivity contribution in [3.05, 3.63) is 0 Å². The number of esters is 1. The third-order valence-corrected chi connectivity index (χ3v) is 4.10. The minimum absolute atomic E-state index is 0.0598. The molecule has 1 fully saturated rings. The highest BCUT2D eigenvalue weighted by Crippen LogP contribution is 2.26. The van der Waals surface area contributed by atoms with Gasteiger partial charge >= 0.3 is 5.97 Å². The molecule has 1 rings (SSSR count). The lowest BCUT2D eigenvalue weighted by Crippen LogP contribution is -2.54.